The smallest absolute Gasteiger partial charge is 0.212 e. The van der Waals surface area contributed by atoms with Crippen molar-refractivity contribution < 1.29 is 4.74 Å². The molecule has 0 radical (unpaired) electrons. The van der Waals surface area contributed by atoms with Crippen molar-refractivity contribution in [3.8, 4) is 5.88 Å². The van der Waals surface area contributed by atoms with E-state index in [1.807, 2.05) is 31.2 Å². The highest BCUT2D eigenvalue weighted by Gasteiger charge is 1.97. The Bertz CT molecular complexity index is 482. The van der Waals surface area contributed by atoms with Gasteiger partial charge in [-0.15, -0.1) is 0 Å². The summed E-state index contributed by atoms with van der Waals surface area (Å²) in [5, 5.41) is 3.32. The lowest BCUT2D eigenvalue weighted by Crippen LogP contribution is -2.00. The average Bonchev–Trinajstić information content (AvgIpc) is 2.37. The van der Waals surface area contributed by atoms with Crippen LogP contribution in [0.5, 0.6) is 5.88 Å². The number of ether oxygens (including phenoxy) is 1. The highest BCUT2D eigenvalue weighted by molar-refractivity contribution is 5.43. The van der Waals surface area contributed by atoms with E-state index in [0.717, 1.165) is 23.5 Å². The van der Waals surface area contributed by atoms with Crippen molar-refractivity contribution in [2.75, 3.05) is 12.4 Å². The molecule has 88 valence electrons. The third kappa shape index (κ3) is 3.17. The first-order chi connectivity index (χ1) is 8.28. The van der Waals surface area contributed by atoms with Crippen LogP contribution in [-0.4, -0.2) is 17.1 Å². The number of methoxy groups -OCH3 is 1. The molecule has 4 heteroatoms. The highest BCUT2D eigenvalue weighted by atomic mass is 16.5. The number of hydrogen-bond acceptors (Lipinski definition) is 4. The van der Waals surface area contributed by atoms with Crippen LogP contribution in [0.15, 0.2) is 36.7 Å². The Kier molecular flexibility index (Phi) is 3.55. The van der Waals surface area contributed by atoms with Crippen LogP contribution in [0.3, 0.4) is 0 Å². The molecule has 0 saturated heterocycles. The summed E-state index contributed by atoms with van der Waals surface area (Å²) in [4.78, 5) is 8.30. The second-order valence-corrected chi connectivity index (χ2v) is 3.75. The lowest BCUT2D eigenvalue weighted by atomic mass is 10.2. The molecule has 1 N–H and O–H groups in total. The molecule has 0 aliphatic rings. The SMILES string of the molecule is COc1ccc(CNc2ccnc(C)c2)cn1. The van der Waals surface area contributed by atoms with E-state index in [0.29, 0.717) is 5.88 Å². The Labute approximate surface area is 101 Å². The molecular weight excluding hydrogens is 214 g/mol. The minimum atomic E-state index is 0.633. The van der Waals surface area contributed by atoms with E-state index in [2.05, 4.69) is 15.3 Å². The summed E-state index contributed by atoms with van der Waals surface area (Å²) >= 11 is 0. The third-order valence-electron chi connectivity index (χ3n) is 2.40. The molecule has 0 bridgehead atoms. The van der Waals surface area contributed by atoms with Gasteiger partial charge in [0.1, 0.15) is 0 Å². The molecule has 4 nitrogen and oxygen atoms in total. The van der Waals surface area contributed by atoms with Gasteiger partial charge in [-0.25, -0.2) is 4.98 Å². The van der Waals surface area contributed by atoms with Gasteiger partial charge in [0.15, 0.2) is 0 Å². The monoisotopic (exact) mass is 229 g/mol. The molecule has 0 saturated carbocycles. The van der Waals surface area contributed by atoms with Crippen LogP contribution in [0.2, 0.25) is 0 Å². The number of nitrogens with zero attached hydrogens (tertiary/aromatic N) is 2. The van der Waals surface area contributed by atoms with Gasteiger partial charge in [0.25, 0.3) is 0 Å². The Morgan fingerprint density at radius 3 is 2.76 bits per heavy atom. The first-order valence-corrected chi connectivity index (χ1v) is 5.43. The Morgan fingerprint density at radius 2 is 2.12 bits per heavy atom. The second-order valence-electron chi connectivity index (χ2n) is 3.75. The summed E-state index contributed by atoms with van der Waals surface area (Å²) in [6.45, 7) is 2.71. The lowest BCUT2D eigenvalue weighted by Gasteiger charge is -2.07. The number of pyridine rings is 2. The molecule has 0 atom stereocenters. The molecule has 2 aromatic heterocycles. The van der Waals surface area contributed by atoms with Gasteiger partial charge in [-0.1, -0.05) is 6.07 Å². The highest BCUT2D eigenvalue weighted by Crippen LogP contribution is 2.11. The van der Waals surface area contributed by atoms with Crippen molar-refractivity contribution in [2.45, 2.75) is 13.5 Å². The standard InChI is InChI=1S/C13H15N3O/c1-10-7-12(5-6-14-10)15-8-11-3-4-13(17-2)16-9-11/h3-7,9H,8H2,1-2H3,(H,14,15). The van der Waals surface area contributed by atoms with Crippen LogP contribution in [0.1, 0.15) is 11.3 Å². The van der Waals surface area contributed by atoms with Crippen LogP contribution in [0.25, 0.3) is 0 Å². The van der Waals surface area contributed by atoms with Crippen LogP contribution >= 0.6 is 0 Å². The fourth-order valence-electron chi connectivity index (χ4n) is 1.50. The number of rotatable bonds is 4. The predicted octanol–water partition coefficient (Wildman–Crippen LogP) is 2.41. The van der Waals surface area contributed by atoms with Gasteiger partial charge in [0.05, 0.1) is 7.11 Å². The largest absolute Gasteiger partial charge is 0.481 e. The van der Waals surface area contributed by atoms with E-state index in [-0.39, 0.29) is 0 Å². The molecule has 0 unspecified atom stereocenters. The Hall–Kier alpha value is -2.10. The molecule has 2 aromatic rings. The summed E-state index contributed by atoms with van der Waals surface area (Å²) in [6, 6.07) is 7.81. The Balaban J connectivity index is 1.97. The maximum atomic E-state index is 5.01. The number of aromatic nitrogens is 2. The zero-order valence-corrected chi connectivity index (χ0v) is 9.97. The molecule has 0 amide bonds. The van der Waals surface area contributed by atoms with Gasteiger partial charge in [-0.3, -0.25) is 4.98 Å². The fraction of sp³-hybridized carbons (Fsp3) is 0.231. The molecule has 0 spiro atoms. The first kappa shape index (κ1) is 11.4. The van der Waals surface area contributed by atoms with E-state index in [1.54, 1.807) is 19.5 Å². The summed E-state index contributed by atoms with van der Waals surface area (Å²) in [5.41, 5.74) is 3.18. The van der Waals surface area contributed by atoms with Gasteiger partial charge in [0, 0.05) is 36.4 Å². The minimum Gasteiger partial charge on any atom is -0.481 e. The third-order valence-corrected chi connectivity index (χ3v) is 2.40. The molecule has 0 fully saturated rings. The van der Waals surface area contributed by atoms with Crippen molar-refractivity contribution >= 4 is 5.69 Å². The molecule has 2 heterocycles. The van der Waals surface area contributed by atoms with Crippen LogP contribution in [0, 0.1) is 6.92 Å². The topological polar surface area (TPSA) is 47.0 Å². The van der Waals surface area contributed by atoms with Crippen molar-refractivity contribution in [2.24, 2.45) is 0 Å². The zero-order valence-electron chi connectivity index (χ0n) is 9.97. The fourth-order valence-corrected chi connectivity index (χ4v) is 1.50. The maximum absolute atomic E-state index is 5.01. The van der Waals surface area contributed by atoms with Gasteiger partial charge >= 0.3 is 0 Å². The molecular formula is C13H15N3O. The zero-order chi connectivity index (χ0) is 12.1. The number of hydrogen-bond donors (Lipinski definition) is 1. The van der Waals surface area contributed by atoms with E-state index in [9.17, 15) is 0 Å². The summed E-state index contributed by atoms with van der Waals surface area (Å²) in [6.07, 6.45) is 3.60. The molecule has 0 aromatic carbocycles. The average molecular weight is 229 g/mol. The number of aryl methyl sites for hydroxylation is 1. The van der Waals surface area contributed by atoms with Crippen molar-refractivity contribution in [1.29, 1.82) is 0 Å². The molecule has 0 aliphatic heterocycles. The second kappa shape index (κ2) is 5.30. The predicted molar refractivity (Wildman–Crippen MR) is 67.1 cm³/mol. The maximum Gasteiger partial charge on any atom is 0.212 e. The van der Waals surface area contributed by atoms with Crippen LogP contribution < -0.4 is 10.1 Å². The van der Waals surface area contributed by atoms with Crippen molar-refractivity contribution in [3.63, 3.8) is 0 Å². The summed E-state index contributed by atoms with van der Waals surface area (Å²) in [7, 11) is 1.61. The van der Waals surface area contributed by atoms with Gasteiger partial charge in [-0.2, -0.15) is 0 Å². The normalized spacial score (nSPS) is 10.0. The van der Waals surface area contributed by atoms with Gasteiger partial charge in [0.2, 0.25) is 5.88 Å². The van der Waals surface area contributed by atoms with Crippen molar-refractivity contribution in [1.82, 2.24) is 9.97 Å². The van der Waals surface area contributed by atoms with Crippen LogP contribution in [0.4, 0.5) is 5.69 Å². The summed E-state index contributed by atoms with van der Waals surface area (Å²) in [5.74, 6) is 0.633. The first-order valence-electron chi connectivity index (χ1n) is 5.43. The van der Waals surface area contributed by atoms with E-state index < -0.39 is 0 Å². The van der Waals surface area contributed by atoms with Gasteiger partial charge < -0.3 is 10.1 Å². The molecule has 17 heavy (non-hydrogen) atoms. The Morgan fingerprint density at radius 1 is 1.24 bits per heavy atom. The van der Waals surface area contributed by atoms with E-state index in [1.165, 1.54) is 0 Å². The van der Waals surface area contributed by atoms with E-state index in [4.69, 9.17) is 4.74 Å². The quantitative estimate of drug-likeness (QED) is 0.874. The summed E-state index contributed by atoms with van der Waals surface area (Å²) < 4.78 is 5.01. The number of anilines is 1. The lowest BCUT2D eigenvalue weighted by molar-refractivity contribution is 0.397. The molecule has 2 rings (SSSR count). The van der Waals surface area contributed by atoms with E-state index >= 15 is 0 Å². The molecule has 0 aliphatic carbocycles. The van der Waals surface area contributed by atoms with Crippen LogP contribution in [-0.2, 0) is 6.54 Å². The van der Waals surface area contributed by atoms with Gasteiger partial charge in [-0.05, 0) is 24.6 Å². The number of nitrogens with one attached hydrogen (secondary N) is 1. The van der Waals surface area contributed by atoms with Crippen molar-refractivity contribution in [3.05, 3.63) is 47.9 Å². The minimum absolute atomic E-state index is 0.633.